The highest BCUT2D eigenvalue weighted by Crippen LogP contribution is 2.35. The zero-order valence-corrected chi connectivity index (χ0v) is 17.2. The van der Waals surface area contributed by atoms with Crippen LogP contribution in [0.4, 0.5) is 0 Å². The highest BCUT2D eigenvalue weighted by Gasteiger charge is 2.25. The number of likely N-dealkylation sites (N-methyl/N-ethyl adjacent to an activating group) is 1. The van der Waals surface area contributed by atoms with Crippen LogP contribution in [-0.2, 0) is 14.3 Å². The summed E-state index contributed by atoms with van der Waals surface area (Å²) in [5.74, 6) is 0.499. The molecule has 0 spiro atoms. The highest BCUT2D eigenvalue weighted by molar-refractivity contribution is 5.91. The lowest BCUT2D eigenvalue weighted by molar-refractivity contribution is -0.155. The average molecular weight is 399 g/mol. The molecule has 7 heteroatoms. The predicted molar refractivity (Wildman–Crippen MR) is 109 cm³/mol. The summed E-state index contributed by atoms with van der Waals surface area (Å²) in [5.41, 5.74) is 1.19. The SMILES string of the molecule is COc1cc(OC)c(OC)cc1/C=C/C(=O)OC(C(=O)N(C)C)c1ccccc1. The van der Waals surface area contributed by atoms with Crippen molar-refractivity contribution in [2.24, 2.45) is 0 Å². The summed E-state index contributed by atoms with van der Waals surface area (Å²) < 4.78 is 21.3. The normalized spacial score (nSPS) is 11.6. The first-order chi connectivity index (χ1) is 13.9. The van der Waals surface area contributed by atoms with Gasteiger partial charge in [0.15, 0.2) is 11.5 Å². The quantitative estimate of drug-likeness (QED) is 0.502. The predicted octanol–water partition coefficient (Wildman–Crippen LogP) is 3.10. The van der Waals surface area contributed by atoms with Crippen LogP contribution in [0.5, 0.6) is 17.2 Å². The lowest BCUT2D eigenvalue weighted by Crippen LogP contribution is -2.30. The Labute approximate surface area is 170 Å². The minimum atomic E-state index is -1.03. The summed E-state index contributed by atoms with van der Waals surface area (Å²) in [6.07, 6.45) is 1.74. The fourth-order valence-electron chi connectivity index (χ4n) is 2.62. The van der Waals surface area contributed by atoms with Gasteiger partial charge in [-0.05, 0) is 12.1 Å². The van der Waals surface area contributed by atoms with Gasteiger partial charge in [0, 0.05) is 37.4 Å². The summed E-state index contributed by atoms with van der Waals surface area (Å²) in [6.45, 7) is 0. The third-order valence-corrected chi connectivity index (χ3v) is 4.14. The number of amides is 1. The maximum absolute atomic E-state index is 12.5. The molecular weight excluding hydrogens is 374 g/mol. The average Bonchev–Trinajstić information content (AvgIpc) is 2.75. The Morgan fingerprint density at radius 3 is 2.03 bits per heavy atom. The second-order valence-electron chi connectivity index (χ2n) is 6.24. The molecule has 0 bridgehead atoms. The van der Waals surface area contributed by atoms with E-state index in [1.54, 1.807) is 50.5 Å². The first kappa shape index (κ1) is 21.8. The largest absolute Gasteiger partial charge is 0.496 e. The van der Waals surface area contributed by atoms with Gasteiger partial charge >= 0.3 is 5.97 Å². The van der Waals surface area contributed by atoms with E-state index in [1.807, 2.05) is 6.07 Å². The maximum Gasteiger partial charge on any atom is 0.331 e. The zero-order valence-electron chi connectivity index (χ0n) is 17.2. The Balaban J connectivity index is 2.26. The van der Waals surface area contributed by atoms with E-state index >= 15 is 0 Å². The molecule has 2 rings (SSSR count). The molecule has 0 aromatic heterocycles. The first-order valence-electron chi connectivity index (χ1n) is 8.86. The lowest BCUT2D eigenvalue weighted by Gasteiger charge is -2.20. The van der Waals surface area contributed by atoms with Crippen molar-refractivity contribution in [1.29, 1.82) is 0 Å². The van der Waals surface area contributed by atoms with Crippen molar-refractivity contribution in [2.75, 3.05) is 35.4 Å². The third-order valence-electron chi connectivity index (χ3n) is 4.14. The molecule has 2 aromatic carbocycles. The molecule has 1 amide bonds. The zero-order chi connectivity index (χ0) is 21.4. The smallest absolute Gasteiger partial charge is 0.331 e. The van der Waals surface area contributed by atoms with Gasteiger partial charge in [-0.2, -0.15) is 0 Å². The van der Waals surface area contributed by atoms with Crippen LogP contribution in [0.1, 0.15) is 17.2 Å². The Morgan fingerprint density at radius 1 is 0.897 bits per heavy atom. The van der Waals surface area contributed by atoms with Crippen molar-refractivity contribution in [3.8, 4) is 17.2 Å². The van der Waals surface area contributed by atoms with Gasteiger partial charge < -0.3 is 23.8 Å². The molecule has 0 heterocycles. The van der Waals surface area contributed by atoms with Gasteiger partial charge in [0.05, 0.1) is 21.3 Å². The fraction of sp³-hybridized carbons (Fsp3) is 0.273. The molecule has 7 nitrogen and oxygen atoms in total. The molecule has 0 aliphatic carbocycles. The van der Waals surface area contributed by atoms with Crippen LogP contribution in [0.25, 0.3) is 6.08 Å². The van der Waals surface area contributed by atoms with Crippen LogP contribution in [0.2, 0.25) is 0 Å². The van der Waals surface area contributed by atoms with Crippen LogP contribution >= 0.6 is 0 Å². The van der Waals surface area contributed by atoms with E-state index < -0.39 is 12.1 Å². The van der Waals surface area contributed by atoms with Crippen molar-refractivity contribution >= 4 is 18.0 Å². The van der Waals surface area contributed by atoms with Gasteiger partial charge in [0.1, 0.15) is 5.75 Å². The Bertz CT molecular complexity index is 876. The number of hydrogen-bond acceptors (Lipinski definition) is 6. The monoisotopic (exact) mass is 399 g/mol. The molecule has 0 N–H and O–H groups in total. The summed E-state index contributed by atoms with van der Waals surface area (Å²) in [7, 11) is 7.77. The lowest BCUT2D eigenvalue weighted by atomic mass is 10.1. The molecular formula is C22H25NO6. The molecule has 0 fully saturated rings. The Hall–Kier alpha value is -3.48. The second-order valence-corrected chi connectivity index (χ2v) is 6.24. The summed E-state index contributed by atoms with van der Waals surface area (Å²) in [5, 5.41) is 0. The molecule has 0 saturated carbocycles. The Kier molecular flexibility index (Phi) is 7.65. The molecule has 0 aliphatic heterocycles. The third kappa shape index (κ3) is 5.51. The molecule has 1 atom stereocenters. The van der Waals surface area contributed by atoms with Crippen LogP contribution < -0.4 is 14.2 Å². The van der Waals surface area contributed by atoms with E-state index in [0.29, 0.717) is 28.4 Å². The van der Waals surface area contributed by atoms with E-state index in [-0.39, 0.29) is 5.91 Å². The molecule has 1 unspecified atom stereocenters. The number of hydrogen-bond donors (Lipinski definition) is 0. The minimum absolute atomic E-state index is 0.332. The van der Waals surface area contributed by atoms with Crippen LogP contribution in [0, 0.1) is 0 Å². The van der Waals surface area contributed by atoms with E-state index in [4.69, 9.17) is 18.9 Å². The van der Waals surface area contributed by atoms with Crippen molar-refractivity contribution in [1.82, 2.24) is 4.90 Å². The van der Waals surface area contributed by atoms with E-state index in [2.05, 4.69) is 0 Å². The standard InChI is InChI=1S/C22H25NO6/c1-23(2)22(25)21(15-9-7-6-8-10-15)29-20(24)12-11-16-13-18(27-4)19(28-5)14-17(16)26-3/h6-14,21H,1-5H3/b12-11+. The van der Waals surface area contributed by atoms with Crippen molar-refractivity contribution in [3.05, 3.63) is 59.7 Å². The molecule has 0 radical (unpaired) electrons. The number of rotatable bonds is 8. The fourth-order valence-corrected chi connectivity index (χ4v) is 2.62. The highest BCUT2D eigenvalue weighted by atomic mass is 16.5. The van der Waals surface area contributed by atoms with Gasteiger partial charge in [0.25, 0.3) is 5.91 Å². The topological polar surface area (TPSA) is 74.3 Å². The van der Waals surface area contributed by atoms with Gasteiger partial charge in [-0.3, -0.25) is 4.79 Å². The van der Waals surface area contributed by atoms with Crippen LogP contribution in [-0.4, -0.2) is 52.2 Å². The number of nitrogens with zero attached hydrogens (tertiary/aromatic N) is 1. The molecule has 2 aromatic rings. The van der Waals surface area contributed by atoms with E-state index in [1.165, 1.54) is 38.4 Å². The van der Waals surface area contributed by atoms with Crippen LogP contribution in [0.3, 0.4) is 0 Å². The number of esters is 1. The van der Waals surface area contributed by atoms with E-state index in [0.717, 1.165) is 0 Å². The van der Waals surface area contributed by atoms with Crippen molar-refractivity contribution in [2.45, 2.75) is 6.10 Å². The summed E-state index contributed by atoms with van der Waals surface area (Å²) >= 11 is 0. The molecule has 0 saturated heterocycles. The maximum atomic E-state index is 12.5. The molecule has 154 valence electrons. The second kappa shape index (κ2) is 10.2. The molecule has 29 heavy (non-hydrogen) atoms. The number of ether oxygens (including phenoxy) is 4. The summed E-state index contributed by atoms with van der Waals surface area (Å²) in [6, 6.07) is 12.2. The summed E-state index contributed by atoms with van der Waals surface area (Å²) in [4.78, 5) is 26.3. The van der Waals surface area contributed by atoms with Gasteiger partial charge in [-0.25, -0.2) is 4.79 Å². The minimum Gasteiger partial charge on any atom is -0.496 e. The number of benzene rings is 2. The van der Waals surface area contributed by atoms with Gasteiger partial charge in [0.2, 0.25) is 6.10 Å². The molecule has 0 aliphatic rings. The van der Waals surface area contributed by atoms with Crippen LogP contribution in [0.15, 0.2) is 48.5 Å². The van der Waals surface area contributed by atoms with Gasteiger partial charge in [-0.1, -0.05) is 30.3 Å². The number of methoxy groups -OCH3 is 3. The first-order valence-corrected chi connectivity index (χ1v) is 8.86. The van der Waals surface area contributed by atoms with Gasteiger partial charge in [-0.15, -0.1) is 0 Å². The van der Waals surface area contributed by atoms with Crippen molar-refractivity contribution < 1.29 is 28.5 Å². The van der Waals surface area contributed by atoms with E-state index in [9.17, 15) is 9.59 Å². The Morgan fingerprint density at radius 2 is 1.48 bits per heavy atom. The van der Waals surface area contributed by atoms with Crippen molar-refractivity contribution in [3.63, 3.8) is 0 Å². The number of carbonyl (C=O) groups is 2. The number of carbonyl (C=O) groups excluding carboxylic acids is 2.